The van der Waals surface area contributed by atoms with E-state index in [9.17, 15) is 9.90 Å². The average Bonchev–Trinajstić information content (AvgIpc) is 2.78. The van der Waals surface area contributed by atoms with Gasteiger partial charge in [-0.05, 0) is 36.1 Å². The number of rotatable bonds is 7. The highest BCUT2D eigenvalue weighted by atomic mass is 16.3. The van der Waals surface area contributed by atoms with Crippen molar-refractivity contribution < 1.29 is 9.90 Å². The van der Waals surface area contributed by atoms with E-state index in [0.717, 1.165) is 36.2 Å². The fourth-order valence-corrected chi connectivity index (χ4v) is 3.51. The highest BCUT2D eigenvalue weighted by Gasteiger charge is 2.19. The maximum Gasteiger partial charge on any atom is 0.226 e. The Morgan fingerprint density at radius 1 is 1.10 bits per heavy atom. The molecular formula is C23H30N4O2. The van der Waals surface area contributed by atoms with Crippen LogP contribution >= 0.6 is 0 Å². The first kappa shape index (κ1) is 20.9. The number of hydrogen-bond donors (Lipinski definition) is 3. The molecule has 3 N–H and O–H groups in total. The summed E-state index contributed by atoms with van der Waals surface area (Å²) in [5.41, 5.74) is 3.18. The first-order chi connectivity index (χ1) is 14.2. The molecule has 0 saturated carbocycles. The molecular weight excluding hydrogens is 364 g/mol. The standard InChI is InChI=1S/C23H30N4O2/c1-24-23(26-16-20(17-28)19-7-3-2-4-8-19)25-15-18-10-12-21(13-11-18)27-14-6-5-9-22(27)29/h2-4,7-8,10-13,20,28H,5-6,9,14-17H2,1H3,(H2,24,25,26). The molecule has 0 radical (unpaired) electrons. The summed E-state index contributed by atoms with van der Waals surface area (Å²) in [6, 6.07) is 18.1. The molecule has 1 heterocycles. The predicted molar refractivity (Wildman–Crippen MR) is 117 cm³/mol. The van der Waals surface area contributed by atoms with Crippen LogP contribution in [0.5, 0.6) is 0 Å². The minimum absolute atomic E-state index is 0.0103. The van der Waals surface area contributed by atoms with Crippen molar-refractivity contribution in [3.05, 3.63) is 65.7 Å². The minimum atomic E-state index is 0.0103. The molecule has 3 rings (SSSR count). The van der Waals surface area contributed by atoms with Gasteiger partial charge >= 0.3 is 0 Å². The number of nitrogens with one attached hydrogen (secondary N) is 2. The second kappa shape index (κ2) is 10.6. The lowest BCUT2D eigenvalue weighted by molar-refractivity contribution is -0.119. The monoisotopic (exact) mass is 394 g/mol. The number of aliphatic hydroxyl groups is 1. The lowest BCUT2D eigenvalue weighted by Gasteiger charge is -2.27. The van der Waals surface area contributed by atoms with Gasteiger partial charge in [0.05, 0.1) is 6.61 Å². The fourth-order valence-electron chi connectivity index (χ4n) is 3.51. The van der Waals surface area contributed by atoms with Gasteiger partial charge in [0, 0.05) is 44.7 Å². The van der Waals surface area contributed by atoms with Crippen LogP contribution in [-0.2, 0) is 11.3 Å². The largest absolute Gasteiger partial charge is 0.396 e. The third-order valence-electron chi connectivity index (χ3n) is 5.26. The van der Waals surface area contributed by atoms with Gasteiger partial charge in [0.2, 0.25) is 5.91 Å². The maximum atomic E-state index is 12.1. The number of piperidine rings is 1. The number of hydrogen-bond acceptors (Lipinski definition) is 3. The van der Waals surface area contributed by atoms with Crippen molar-refractivity contribution in [2.24, 2.45) is 4.99 Å². The van der Waals surface area contributed by atoms with E-state index in [-0.39, 0.29) is 18.4 Å². The maximum absolute atomic E-state index is 12.1. The Morgan fingerprint density at radius 2 is 1.86 bits per heavy atom. The summed E-state index contributed by atoms with van der Waals surface area (Å²) >= 11 is 0. The molecule has 0 bridgehead atoms. The molecule has 1 aliphatic heterocycles. The second-order valence-electron chi connectivity index (χ2n) is 7.27. The Morgan fingerprint density at radius 3 is 2.52 bits per heavy atom. The Bertz CT molecular complexity index is 805. The van der Waals surface area contributed by atoms with Crippen LogP contribution < -0.4 is 15.5 Å². The molecule has 6 heteroatoms. The fraction of sp³-hybridized carbons (Fsp3) is 0.391. The zero-order valence-electron chi connectivity index (χ0n) is 17.0. The van der Waals surface area contributed by atoms with Gasteiger partial charge in [0.25, 0.3) is 0 Å². The van der Waals surface area contributed by atoms with Crippen LogP contribution in [-0.4, -0.2) is 43.7 Å². The molecule has 0 aromatic heterocycles. The third kappa shape index (κ3) is 5.81. The number of guanidine groups is 1. The SMILES string of the molecule is CN=C(NCc1ccc(N2CCCCC2=O)cc1)NCC(CO)c1ccccc1. The Kier molecular flexibility index (Phi) is 7.64. The molecule has 1 saturated heterocycles. The van der Waals surface area contributed by atoms with Gasteiger partial charge in [0.1, 0.15) is 0 Å². The quantitative estimate of drug-likeness (QED) is 0.498. The van der Waals surface area contributed by atoms with E-state index in [1.54, 1.807) is 7.05 Å². The molecule has 1 unspecified atom stereocenters. The van der Waals surface area contributed by atoms with Crippen molar-refractivity contribution in [2.45, 2.75) is 31.7 Å². The predicted octanol–water partition coefficient (Wildman–Crippen LogP) is 2.64. The van der Waals surface area contributed by atoms with Crippen LogP contribution in [0.2, 0.25) is 0 Å². The summed E-state index contributed by atoms with van der Waals surface area (Å²) in [6.45, 7) is 2.10. The van der Waals surface area contributed by atoms with Crippen molar-refractivity contribution in [2.75, 3.05) is 31.6 Å². The van der Waals surface area contributed by atoms with Gasteiger partial charge in [-0.15, -0.1) is 0 Å². The van der Waals surface area contributed by atoms with Crippen LogP contribution in [0.3, 0.4) is 0 Å². The Labute approximate surface area is 172 Å². The van der Waals surface area contributed by atoms with Gasteiger partial charge < -0.3 is 20.6 Å². The highest BCUT2D eigenvalue weighted by Crippen LogP contribution is 2.21. The third-order valence-corrected chi connectivity index (χ3v) is 5.26. The van der Waals surface area contributed by atoms with Crippen LogP contribution in [0, 0.1) is 0 Å². The molecule has 29 heavy (non-hydrogen) atoms. The topological polar surface area (TPSA) is 77.0 Å². The number of anilines is 1. The van der Waals surface area contributed by atoms with E-state index in [1.807, 2.05) is 59.5 Å². The second-order valence-corrected chi connectivity index (χ2v) is 7.27. The number of nitrogens with zero attached hydrogens (tertiary/aromatic N) is 2. The average molecular weight is 395 g/mol. The van der Waals surface area contributed by atoms with Crippen molar-refractivity contribution in [1.82, 2.24) is 10.6 Å². The molecule has 6 nitrogen and oxygen atoms in total. The van der Waals surface area contributed by atoms with Crippen LogP contribution in [0.4, 0.5) is 5.69 Å². The molecule has 1 atom stereocenters. The number of carbonyl (C=O) groups is 1. The summed E-state index contributed by atoms with van der Waals surface area (Å²) in [5, 5.41) is 16.3. The molecule has 1 aliphatic rings. The van der Waals surface area contributed by atoms with Gasteiger partial charge in [-0.25, -0.2) is 0 Å². The van der Waals surface area contributed by atoms with Gasteiger partial charge in [-0.1, -0.05) is 42.5 Å². The van der Waals surface area contributed by atoms with E-state index in [0.29, 0.717) is 25.5 Å². The van der Waals surface area contributed by atoms with E-state index < -0.39 is 0 Å². The number of amides is 1. The molecule has 1 amide bonds. The molecule has 2 aromatic carbocycles. The van der Waals surface area contributed by atoms with Crippen molar-refractivity contribution >= 4 is 17.6 Å². The van der Waals surface area contributed by atoms with Crippen LogP contribution in [0.25, 0.3) is 0 Å². The van der Waals surface area contributed by atoms with E-state index in [2.05, 4.69) is 15.6 Å². The molecule has 0 aliphatic carbocycles. The van der Waals surface area contributed by atoms with Crippen LogP contribution in [0.15, 0.2) is 59.6 Å². The summed E-state index contributed by atoms with van der Waals surface area (Å²) in [6.07, 6.45) is 2.70. The highest BCUT2D eigenvalue weighted by molar-refractivity contribution is 5.93. The summed E-state index contributed by atoms with van der Waals surface area (Å²) in [5.74, 6) is 0.911. The van der Waals surface area contributed by atoms with E-state index in [4.69, 9.17) is 0 Å². The zero-order valence-corrected chi connectivity index (χ0v) is 17.0. The first-order valence-electron chi connectivity index (χ1n) is 10.2. The van der Waals surface area contributed by atoms with Crippen molar-refractivity contribution in [1.29, 1.82) is 0 Å². The summed E-state index contributed by atoms with van der Waals surface area (Å²) in [7, 11) is 1.73. The summed E-state index contributed by atoms with van der Waals surface area (Å²) in [4.78, 5) is 18.2. The van der Waals surface area contributed by atoms with Crippen molar-refractivity contribution in [3.8, 4) is 0 Å². The number of aliphatic hydroxyl groups excluding tert-OH is 1. The molecule has 1 fully saturated rings. The van der Waals surface area contributed by atoms with Gasteiger partial charge in [-0.3, -0.25) is 9.79 Å². The molecule has 154 valence electrons. The van der Waals surface area contributed by atoms with Gasteiger partial charge in [0.15, 0.2) is 5.96 Å². The van der Waals surface area contributed by atoms with Gasteiger partial charge in [-0.2, -0.15) is 0 Å². The Hall–Kier alpha value is -2.86. The smallest absolute Gasteiger partial charge is 0.226 e. The molecule has 2 aromatic rings. The number of aliphatic imine (C=N–C) groups is 1. The van der Waals surface area contributed by atoms with E-state index >= 15 is 0 Å². The minimum Gasteiger partial charge on any atom is -0.396 e. The van der Waals surface area contributed by atoms with Crippen LogP contribution in [0.1, 0.15) is 36.3 Å². The van der Waals surface area contributed by atoms with Crippen molar-refractivity contribution in [3.63, 3.8) is 0 Å². The number of benzene rings is 2. The first-order valence-corrected chi connectivity index (χ1v) is 10.2. The molecule has 0 spiro atoms. The lowest BCUT2D eigenvalue weighted by Crippen LogP contribution is -2.39. The Balaban J connectivity index is 1.50. The summed E-state index contributed by atoms with van der Waals surface area (Å²) < 4.78 is 0. The normalized spacial score (nSPS) is 15.9. The van der Waals surface area contributed by atoms with E-state index in [1.165, 1.54) is 0 Å². The number of carbonyl (C=O) groups excluding carboxylic acids is 1. The zero-order chi connectivity index (χ0) is 20.5. The lowest BCUT2D eigenvalue weighted by atomic mass is 10.0.